The van der Waals surface area contributed by atoms with Crippen molar-refractivity contribution in [3.63, 3.8) is 0 Å². The predicted octanol–water partition coefficient (Wildman–Crippen LogP) is 1.34. The fraction of sp³-hybridized carbons (Fsp3) is 0.474. The molecule has 0 amide bonds. The van der Waals surface area contributed by atoms with E-state index >= 15 is 0 Å². The zero-order valence-electron chi connectivity index (χ0n) is 15.7. The summed E-state index contributed by atoms with van der Waals surface area (Å²) in [7, 11) is 4.26. The molecule has 0 spiro atoms. The maximum Gasteiger partial charge on any atom is 0.221 e. The second-order valence-corrected chi connectivity index (χ2v) is 7.52. The fourth-order valence-electron chi connectivity index (χ4n) is 3.89. The van der Waals surface area contributed by atoms with Crippen LogP contribution in [0, 0.1) is 0 Å². The van der Waals surface area contributed by atoms with E-state index in [1.165, 1.54) is 11.1 Å². The maximum atomic E-state index is 5.59. The van der Waals surface area contributed by atoms with Gasteiger partial charge in [0.05, 0.1) is 19.3 Å². The molecule has 0 radical (unpaired) electrons. The Morgan fingerprint density at radius 2 is 2.22 bits per heavy atom. The van der Waals surface area contributed by atoms with E-state index in [0.717, 1.165) is 49.8 Å². The molecule has 2 aliphatic heterocycles. The highest BCUT2D eigenvalue weighted by molar-refractivity contribution is 5.67. The summed E-state index contributed by atoms with van der Waals surface area (Å²) in [5.74, 6) is 1.89. The minimum Gasteiger partial charge on any atom is -0.493 e. The SMILES string of the molecule is CN(C)C1CCN(c2cnc3nnn(Cc4ccc5c(c4)CCO5)c3n2)C1. The average Bonchev–Trinajstić information content (AvgIpc) is 3.41. The van der Waals surface area contributed by atoms with Crippen molar-refractivity contribution < 1.29 is 4.74 Å². The number of likely N-dealkylation sites (N-methyl/N-ethyl adjacent to an activating group) is 1. The van der Waals surface area contributed by atoms with E-state index in [9.17, 15) is 0 Å². The molecule has 27 heavy (non-hydrogen) atoms. The Kier molecular flexibility index (Phi) is 3.93. The number of fused-ring (bicyclic) bond motifs is 2. The smallest absolute Gasteiger partial charge is 0.221 e. The highest BCUT2D eigenvalue weighted by Gasteiger charge is 2.25. The van der Waals surface area contributed by atoms with E-state index in [0.29, 0.717) is 18.2 Å². The van der Waals surface area contributed by atoms with Crippen LogP contribution in [0.1, 0.15) is 17.5 Å². The average molecular weight is 365 g/mol. The second kappa shape index (κ2) is 6.45. The summed E-state index contributed by atoms with van der Waals surface area (Å²) in [6.45, 7) is 3.36. The molecule has 1 aromatic carbocycles. The molecule has 0 saturated carbocycles. The Morgan fingerprint density at radius 3 is 3.07 bits per heavy atom. The molecule has 140 valence electrons. The molecule has 8 nitrogen and oxygen atoms in total. The van der Waals surface area contributed by atoms with Crippen molar-refractivity contribution in [3.05, 3.63) is 35.5 Å². The number of hydrogen-bond donors (Lipinski definition) is 0. The molecule has 1 unspecified atom stereocenters. The van der Waals surface area contributed by atoms with Crippen LogP contribution in [-0.4, -0.2) is 69.7 Å². The molecule has 0 N–H and O–H groups in total. The minimum atomic E-state index is 0.555. The van der Waals surface area contributed by atoms with Crippen LogP contribution in [0.2, 0.25) is 0 Å². The third kappa shape index (κ3) is 2.99. The van der Waals surface area contributed by atoms with Crippen LogP contribution in [0.15, 0.2) is 24.4 Å². The number of ether oxygens (including phenoxy) is 1. The molecule has 3 aromatic rings. The van der Waals surface area contributed by atoms with Crippen LogP contribution >= 0.6 is 0 Å². The van der Waals surface area contributed by atoms with Gasteiger partial charge in [0.1, 0.15) is 11.6 Å². The third-order valence-corrected chi connectivity index (χ3v) is 5.52. The van der Waals surface area contributed by atoms with Gasteiger partial charge in [-0.2, -0.15) is 0 Å². The summed E-state index contributed by atoms with van der Waals surface area (Å²) in [5, 5.41) is 8.46. The quantitative estimate of drug-likeness (QED) is 0.691. The Labute approximate surface area is 157 Å². The number of rotatable bonds is 4. The molecule has 0 bridgehead atoms. The van der Waals surface area contributed by atoms with Crippen LogP contribution in [0.4, 0.5) is 5.82 Å². The van der Waals surface area contributed by atoms with E-state index in [1.807, 2.05) is 16.9 Å². The lowest BCUT2D eigenvalue weighted by Crippen LogP contribution is -2.31. The molecule has 1 saturated heterocycles. The Balaban J connectivity index is 1.42. The Bertz CT molecular complexity index is 983. The Morgan fingerprint density at radius 1 is 1.30 bits per heavy atom. The van der Waals surface area contributed by atoms with Crippen LogP contribution < -0.4 is 9.64 Å². The maximum absolute atomic E-state index is 5.59. The number of benzene rings is 1. The first kappa shape index (κ1) is 16.4. The lowest BCUT2D eigenvalue weighted by atomic mass is 10.1. The molecule has 4 heterocycles. The van der Waals surface area contributed by atoms with Crippen molar-refractivity contribution in [2.24, 2.45) is 0 Å². The van der Waals surface area contributed by atoms with E-state index < -0.39 is 0 Å². The largest absolute Gasteiger partial charge is 0.493 e. The first-order valence-electron chi connectivity index (χ1n) is 9.39. The van der Waals surface area contributed by atoms with Gasteiger partial charge >= 0.3 is 0 Å². The standard InChI is InChI=1S/C19H23N7O/c1-24(2)15-5-7-25(12-15)17-10-20-18-19(21-17)26(23-22-18)11-13-3-4-16-14(9-13)6-8-27-16/h3-4,9-10,15H,5-8,11-12H2,1-2H3. The zero-order chi connectivity index (χ0) is 18.4. The lowest BCUT2D eigenvalue weighted by Gasteiger charge is -2.20. The zero-order valence-corrected chi connectivity index (χ0v) is 15.7. The molecular formula is C19H23N7O. The number of nitrogens with zero attached hydrogens (tertiary/aromatic N) is 7. The van der Waals surface area contributed by atoms with Gasteiger partial charge in [-0.05, 0) is 37.7 Å². The minimum absolute atomic E-state index is 0.555. The number of anilines is 1. The van der Waals surface area contributed by atoms with Crippen LogP contribution in [0.3, 0.4) is 0 Å². The lowest BCUT2D eigenvalue weighted by molar-refractivity contribution is 0.315. The first-order chi connectivity index (χ1) is 13.2. The Hall–Kier alpha value is -2.74. The van der Waals surface area contributed by atoms with Gasteiger partial charge in [-0.25, -0.2) is 14.6 Å². The van der Waals surface area contributed by atoms with Crippen molar-refractivity contribution in [3.8, 4) is 5.75 Å². The highest BCUT2D eigenvalue weighted by Crippen LogP contribution is 2.26. The molecular weight excluding hydrogens is 342 g/mol. The van der Waals surface area contributed by atoms with Gasteiger partial charge in [0.15, 0.2) is 5.65 Å². The van der Waals surface area contributed by atoms with Gasteiger partial charge in [0.2, 0.25) is 5.65 Å². The topological polar surface area (TPSA) is 72.2 Å². The summed E-state index contributed by atoms with van der Waals surface area (Å²) < 4.78 is 7.43. The van der Waals surface area contributed by atoms with E-state index in [2.05, 4.69) is 51.3 Å². The van der Waals surface area contributed by atoms with Crippen LogP contribution in [-0.2, 0) is 13.0 Å². The summed E-state index contributed by atoms with van der Waals surface area (Å²) in [5.41, 5.74) is 3.76. The van der Waals surface area contributed by atoms with Crippen molar-refractivity contribution in [1.82, 2.24) is 29.9 Å². The number of aromatic nitrogens is 5. The second-order valence-electron chi connectivity index (χ2n) is 7.52. The van der Waals surface area contributed by atoms with Gasteiger partial charge in [0, 0.05) is 25.6 Å². The monoisotopic (exact) mass is 365 g/mol. The van der Waals surface area contributed by atoms with Crippen LogP contribution in [0.25, 0.3) is 11.3 Å². The molecule has 5 rings (SSSR count). The van der Waals surface area contributed by atoms with E-state index in [1.54, 1.807) is 0 Å². The van der Waals surface area contributed by atoms with E-state index in [4.69, 9.17) is 9.72 Å². The molecule has 2 aromatic heterocycles. The highest BCUT2D eigenvalue weighted by atomic mass is 16.5. The van der Waals surface area contributed by atoms with Crippen molar-refractivity contribution in [2.75, 3.05) is 38.7 Å². The van der Waals surface area contributed by atoms with Crippen LogP contribution in [0.5, 0.6) is 5.75 Å². The van der Waals surface area contributed by atoms with Crippen molar-refractivity contribution in [1.29, 1.82) is 0 Å². The van der Waals surface area contributed by atoms with Gasteiger partial charge in [-0.1, -0.05) is 17.3 Å². The van der Waals surface area contributed by atoms with Gasteiger partial charge < -0.3 is 14.5 Å². The normalized spacial score (nSPS) is 19.1. The number of hydrogen-bond acceptors (Lipinski definition) is 7. The molecule has 8 heteroatoms. The summed E-state index contributed by atoms with van der Waals surface area (Å²) in [6.07, 6.45) is 3.92. The summed E-state index contributed by atoms with van der Waals surface area (Å²) >= 11 is 0. The molecule has 1 fully saturated rings. The van der Waals surface area contributed by atoms with Gasteiger partial charge in [0.25, 0.3) is 0 Å². The molecule has 2 aliphatic rings. The van der Waals surface area contributed by atoms with Crippen molar-refractivity contribution in [2.45, 2.75) is 25.4 Å². The summed E-state index contributed by atoms with van der Waals surface area (Å²) in [4.78, 5) is 13.9. The molecule has 1 atom stereocenters. The summed E-state index contributed by atoms with van der Waals surface area (Å²) in [6, 6.07) is 6.87. The fourth-order valence-corrected chi connectivity index (χ4v) is 3.89. The molecule has 0 aliphatic carbocycles. The van der Waals surface area contributed by atoms with Crippen molar-refractivity contribution >= 4 is 17.1 Å². The van der Waals surface area contributed by atoms with Gasteiger partial charge in [-0.3, -0.25) is 0 Å². The van der Waals surface area contributed by atoms with E-state index in [-0.39, 0.29) is 0 Å². The van der Waals surface area contributed by atoms with Gasteiger partial charge in [-0.15, -0.1) is 5.10 Å². The first-order valence-corrected chi connectivity index (χ1v) is 9.39. The third-order valence-electron chi connectivity index (χ3n) is 5.52. The predicted molar refractivity (Wildman–Crippen MR) is 102 cm³/mol.